The second-order valence-electron chi connectivity index (χ2n) is 5.40. The van der Waals surface area contributed by atoms with Gasteiger partial charge in [0.25, 0.3) is 0 Å². The van der Waals surface area contributed by atoms with Crippen molar-refractivity contribution in [2.45, 2.75) is 52.0 Å². The molecule has 2 heterocycles. The van der Waals surface area contributed by atoms with Crippen molar-refractivity contribution in [2.75, 3.05) is 30.4 Å². The Kier molecular flexibility index (Phi) is 5.17. The molecule has 20 heavy (non-hydrogen) atoms. The van der Waals surface area contributed by atoms with E-state index in [4.69, 9.17) is 4.98 Å². The van der Waals surface area contributed by atoms with E-state index in [-0.39, 0.29) is 6.61 Å². The van der Waals surface area contributed by atoms with Crippen LogP contribution in [0, 0.1) is 6.92 Å². The summed E-state index contributed by atoms with van der Waals surface area (Å²) in [5.41, 5.74) is 1.11. The van der Waals surface area contributed by atoms with E-state index in [2.05, 4.69) is 29.0 Å². The van der Waals surface area contributed by atoms with Gasteiger partial charge in [0.2, 0.25) is 0 Å². The summed E-state index contributed by atoms with van der Waals surface area (Å²) < 4.78 is 0. The molecule has 0 amide bonds. The quantitative estimate of drug-likeness (QED) is 0.864. The van der Waals surface area contributed by atoms with Gasteiger partial charge in [-0.05, 0) is 32.6 Å². The Morgan fingerprint density at radius 1 is 1.35 bits per heavy atom. The molecule has 1 unspecified atom stereocenters. The Hall–Kier alpha value is -1.36. The standard InChI is InChI=1S/C15H26N4O/c1-4-13-17-14(16-3)11(2)15(18-13)19-9-6-5-7-12(19)8-10-20/h12,20H,4-10H2,1-3H3,(H,16,17,18). The van der Waals surface area contributed by atoms with E-state index in [0.717, 1.165) is 48.8 Å². The second-order valence-corrected chi connectivity index (χ2v) is 5.40. The number of aromatic nitrogens is 2. The zero-order valence-electron chi connectivity index (χ0n) is 12.8. The van der Waals surface area contributed by atoms with Gasteiger partial charge < -0.3 is 15.3 Å². The van der Waals surface area contributed by atoms with Crippen LogP contribution in [0.5, 0.6) is 0 Å². The Morgan fingerprint density at radius 2 is 2.15 bits per heavy atom. The lowest BCUT2D eigenvalue weighted by Crippen LogP contribution is -2.41. The average Bonchev–Trinajstić information content (AvgIpc) is 2.49. The maximum absolute atomic E-state index is 9.28. The lowest BCUT2D eigenvalue weighted by atomic mass is 9.99. The summed E-state index contributed by atoms with van der Waals surface area (Å²) >= 11 is 0. The van der Waals surface area contributed by atoms with Crippen molar-refractivity contribution >= 4 is 11.6 Å². The first-order chi connectivity index (χ1) is 9.71. The molecule has 5 heteroatoms. The van der Waals surface area contributed by atoms with Crippen LogP contribution >= 0.6 is 0 Å². The molecule has 2 rings (SSSR count). The summed E-state index contributed by atoms with van der Waals surface area (Å²) in [6, 6.07) is 0.400. The molecule has 112 valence electrons. The number of nitrogens with zero attached hydrogens (tertiary/aromatic N) is 3. The van der Waals surface area contributed by atoms with Gasteiger partial charge in [-0.25, -0.2) is 9.97 Å². The Labute approximate surface area is 121 Å². The van der Waals surface area contributed by atoms with Crippen LogP contribution in [-0.2, 0) is 6.42 Å². The fourth-order valence-corrected chi connectivity index (χ4v) is 2.96. The maximum Gasteiger partial charge on any atom is 0.137 e. The molecule has 5 nitrogen and oxygen atoms in total. The van der Waals surface area contributed by atoms with E-state index < -0.39 is 0 Å². The summed E-state index contributed by atoms with van der Waals surface area (Å²) in [4.78, 5) is 11.7. The maximum atomic E-state index is 9.28. The molecule has 1 atom stereocenters. The van der Waals surface area contributed by atoms with Crippen molar-refractivity contribution in [3.05, 3.63) is 11.4 Å². The van der Waals surface area contributed by atoms with Crippen molar-refractivity contribution in [1.82, 2.24) is 9.97 Å². The van der Waals surface area contributed by atoms with Crippen LogP contribution in [0.2, 0.25) is 0 Å². The molecule has 1 saturated heterocycles. The molecule has 0 aliphatic carbocycles. The molecule has 2 N–H and O–H groups in total. The van der Waals surface area contributed by atoms with E-state index >= 15 is 0 Å². The van der Waals surface area contributed by atoms with Crippen molar-refractivity contribution < 1.29 is 5.11 Å². The molecular formula is C15H26N4O. The van der Waals surface area contributed by atoms with E-state index in [1.165, 1.54) is 12.8 Å². The van der Waals surface area contributed by atoms with Gasteiger partial charge in [0.15, 0.2) is 0 Å². The zero-order chi connectivity index (χ0) is 14.5. The monoisotopic (exact) mass is 278 g/mol. The highest BCUT2D eigenvalue weighted by Crippen LogP contribution is 2.30. The van der Waals surface area contributed by atoms with E-state index in [1.807, 2.05) is 7.05 Å². The van der Waals surface area contributed by atoms with Crippen LogP contribution in [0.3, 0.4) is 0 Å². The number of aryl methyl sites for hydroxylation is 1. The SMILES string of the molecule is CCc1nc(NC)c(C)c(N2CCCCC2CCO)n1. The summed E-state index contributed by atoms with van der Waals surface area (Å²) in [5.74, 6) is 2.84. The molecule has 1 aromatic heterocycles. The van der Waals surface area contributed by atoms with Gasteiger partial charge in [-0.3, -0.25) is 0 Å². The van der Waals surface area contributed by atoms with Crippen LogP contribution in [0.1, 0.15) is 44.0 Å². The normalized spacial score (nSPS) is 19.2. The Balaban J connectivity index is 2.38. The first-order valence-electron chi connectivity index (χ1n) is 7.64. The van der Waals surface area contributed by atoms with Gasteiger partial charge in [0, 0.05) is 38.2 Å². The van der Waals surface area contributed by atoms with Crippen LogP contribution in [0.4, 0.5) is 11.6 Å². The summed E-state index contributed by atoms with van der Waals surface area (Å²) in [6.07, 6.45) is 5.23. The van der Waals surface area contributed by atoms with Gasteiger partial charge >= 0.3 is 0 Å². The molecule has 0 saturated carbocycles. The minimum atomic E-state index is 0.241. The molecule has 1 aliphatic heterocycles. The number of piperidine rings is 1. The molecule has 1 aliphatic rings. The third-order valence-electron chi connectivity index (χ3n) is 4.08. The van der Waals surface area contributed by atoms with Crippen molar-refractivity contribution in [3.8, 4) is 0 Å². The van der Waals surface area contributed by atoms with Gasteiger partial charge in [0.05, 0.1) is 0 Å². The number of hydrogen-bond acceptors (Lipinski definition) is 5. The Bertz CT molecular complexity index is 448. The number of rotatable bonds is 5. The Morgan fingerprint density at radius 3 is 2.80 bits per heavy atom. The van der Waals surface area contributed by atoms with Gasteiger partial charge in [-0.15, -0.1) is 0 Å². The number of anilines is 2. The third kappa shape index (κ3) is 3.03. The molecule has 1 fully saturated rings. The number of aliphatic hydroxyl groups excluding tert-OH is 1. The van der Waals surface area contributed by atoms with E-state index in [0.29, 0.717) is 6.04 Å². The highest BCUT2D eigenvalue weighted by atomic mass is 16.3. The van der Waals surface area contributed by atoms with Crippen molar-refractivity contribution in [3.63, 3.8) is 0 Å². The van der Waals surface area contributed by atoms with Crippen molar-refractivity contribution in [2.24, 2.45) is 0 Å². The van der Waals surface area contributed by atoms with E-state index in [1.54, 1.807) is 0 Å². The number of aliphatic hydroxyl groups is 1. The molecule has 0 bridgehead atoms. The topological polar surface area (TPSA) is 61.3 Å². The first kappa shape index (κ1) is 15.0. The van der Waals surface area contributed by atoms with Crippen LogP contribution in [0.15, 0.2) is 0 Å². The smallest absolute Gasteiger partial charge is 0.137 e. The average molecular weight is 278 g/mol. The summed E-state index contributed by atoms with van der Waals surface area (Å²) in [7, 11) is 1.90. The van der Waals surface area contributed by atoms with E-state index in [9.17, 15) is 5.11 Å². The lowest BCUT2D eigenvalue weighted by molar-refractivity contribution is 0.262. The molecule has 0 spiro atoms. The number of nitrogens with one attached hydrogen (secondary N) is 1. The van der Waals surface area contributed by atoms with Crippen LogP contribution in [0.25, 0.3) is 0 Å². The van der Waals surface area contributed by atoms with Crippen LogP contribution < -0.4 is 10.2 Å². The minimum absolute atomic E-state index is 0.241. The van der Waals surface area contributed by atoms with Gasteiger partial charge in [-0.2, -0.15) is 0 Å². The highest BCUT2D eigenvalue weighted by molar-refractivity contribution is 5.59. The fourth-order valence-electron chi connectivity index (χ4n) is 2.96. The van der Waals surface area contributed by atoms with Crippen molar-refractivity contribution in [1.29, 1.82) is 0 Å². The molecule has 0 aromatic carbocycles. The lowest BCUT2D eigenvalue weighted by Gasteiger charge is -2.37. The summed E-state index contributed by atoms with van der Waals surface area (Å²) in [5, 5.41) is 12.5. The summed E-state index contributed by atoms with van der Waals surface area (Å²) in [6.45, 7) is 5.42. The fraction of sp³-hybridized carbons (Fsp3) is 0.733. The van der Waals surface area contributed by atoms with Crippen LogP contribution in [-0.4, -0.2) is 41.3 Å². The highest BCUT2D eigenvalue weighted by Gasteiger charge is 2.25. The minimum Gasteiger partial charge on any atom is -0.396 e. The molecular weight excluding hydrogens is 252 g/mol. The largest absolute Gasteiger partial charge is 0.396 e. The second kappa shape index (κ2) is 6.88. The van der Waals surface area contributed by atoms with Gasteiger partial charge in [0.1, 0.15) is 17.5 Å². The van der Waals surface area contributed by atoms with Gasteiger partial charge in [-0.1, -0.05) is 6.92 Å². The molecule has 1 aromatic rings. The molecule has 0 radical (unpaired) electrons. The predicted octanol–water partition coefficient (Wildman–Crippen LogP) is 2.13. The third-order valence-corrected chi connectivity index (χ3v) is 4.08. The predicted molar refractivity (Wildman–Crippen MR) is 82.4 cm³/mol. The zero-order valence-corrected chi connectivity index (χ0v) is 12.8. The first-order valence-corrected chi connectivity index (χ1v) is 7.64. The number of hydrogen-bond donors (Lipinski definition) is 2.